The number of carbonyl (C=O) groups is 1. The third-order valence-corrected chi connectivity index (χ3v) is 1.90. The number of alkyl halides is 2. The number of pyridine rings is 1. The summed E-state index contributed by atoms with van der Waals surface area (Å²) >= 11 is 10.8. The van der Waals surface area contributed by atoms with E-state index in [1.54, 1.807) is 0 Å². The first-order valence-corrected chi connectivity index (χ1v) is 4.06. The van der Waals surface area contributed by atoms with Crippen LogP contribution in [0.1, 0.15) is 22.5 Å². The van der Waals surface area contributed by atoms with E-state index in [9.17, 15) is 13.6 Å². The van der Waals surface area contributed by atoms with E-state index in [0.717, 1.165) is 6.07 Å². The van der Waals surface area contributed by atoms with Gasteiger partial charge in [0.25, 0.3) is 6.43 Å². The van der Waals surface area contributed by atoms with Gasteiger partial charge in [-0.05, 0) is 6.07 Å². The van der Waals surface area contributed by atoms with Crippen molar-refractivity contribution in [1.82, 2.24) is 4.98 Å². The van der Waals surface area contributed by atoms with Crippen LogP contribution in [0.4, 0.5) is 8.78 Å². The summed E-state index contributed by atoms with van der Waals surface area (Å²) in [6, 6.07) is 0.969. The number of rotatable bonds is 2. The molecule has 0 fully saturated rings. The Morgan fingerprint density at radius 2 is 2.07 bits per heavy atom. The third kappa shape index (κ3) is 2.10. The van der Waals surface area contributed by atoms with Crippen LogP contribution < -0.4 is 0 Å². The zero-order valence-electron chi connectivity index (χ0n) is 6.47. The number of carboxylic acid groups (broad SMARTS) is 1. The van der Waals surface area contributed by atoms with Crippen molar-refractivity contribution in [3.05, 3.63) is 27.5 Å². The van der Waals surface area contributed by atoms with E-state index >= 15 is 0 Å². The minimum atomic E-state index is -3.00. The highest BCUT2D eigenvalue weighted by molar-refractivity contribution is 6.34. The van der Waals surface area contributed by atoms with Crippen LogP contribution in [-0.4, -0.2) is 16.1 Å². The van der Waals surface area contributed by atoms with Crippen molar-refractivity contribution in [2.45, 2.75) is 6.43 Å². The molecule has 0 aliphatic rings. The number of aromatic carboxylic acids is 1. The summed E-state index contributed by atoms with van der Waals surface area (Å²) < 4.78 is 24.7. The Morgan fingerprint density at radius 3 is 2.50 bits per heavy atom. The Bertz CT molecular complexity index is 384. The van der Waals surface area contributed by atoms with E-state index in [4.69, 9.17) is 28.3 Å². The molecule has 14 heavy (non-hydrogen) atoms. The van der Waals surface area contributed by atoms with Gasteiger partial charge in [0.05, 0.1) is 10.6 Å². The number of aromatic nitrogens is 1. The lowest BCUT2D eigenvalue weighted by atomic mass is 10.2. The summed E-state index contributed by atoms with van der Waals surface area (Å²) in [5.74, 6) is -1.59. The molecule has 1 rings (SSSR count). The zero-order chi connectivity index (χ0) is 10.9. The van der Waals surface area contributed by atoms with Crippen molar-refractivity contribution < 1.29 is 18.7 Å². The molecular formula is C7H3Cl2F2NO2. The maximum Gasteiger partial charge on any atom is 0.355 e. The molecule has 0 atom stereocenters. The van der Waals surface area contributed by atoms with Gasteiger partial charge >= 0.3 is 5.97 Å². The van der Waals surface area contributed by atoms with Crippen molar-refractivity contribution in [2.75, 3.05) is 0 Å². The van der Waals surface area contributed by atoms with E-state index in [2.05, 4.69) is 4.98 Å². The Morgan fingerprint density at radius 1 is 1.50 bits per heavy atom. The molecule has 76 valence electrons. The molecule has 0 spiro atoms. The lowest BCUT2D eigenvalue weighted by Crippen LogP contribution is -2.07. The monoisotopic (exact) mass is 241 g/mol. The Kier molecular flexibility index (Phi) is 3.23. The second kappa shape index (κ2) is 4.06. The zero-order valence-corrected chi connectivity index (χ0v) is 7.98. The van der Waals surface area contributed by atoms with E-state index in [-0.39, 0.29) is 5.15 Å². The summed E-state index contributed by atoms with van der Waals surface area (Å²) in [6.45, 7) is 0. The average molecular weight is 242 g/mol. The molecule has 1 N–H and O–H groups in total. The van der Waals surface area contributed by atoms with Crippen LogP contribution in [0.15, 0.2) is 6.07 Å². The molecule has 0 aliphatic carbocycles. The van der Waals surface area contributed by atoms with Crippen LogP contribution in [0.5, 0.6) is 0 Å². The van der Waals surface area contributed by atoms with Crippen molar-refractivity contribution in [2.24, 2.45) is 0 Å². The summed E-state index contributed by atoms with van der Waals surface area (Å²) in [7, 11) is 0. The quantitative estimate of drug-likeness (QED) is 0.810. The smallest absolute Gasteiger partial charge is 0.355 e. The third-order valence-electron chi connectivity index (χ3n) is 1.40. The summed E-state index contributed by atoms with van der Waals surface area (Å²) in [4.78, 5) is 13.8. The van der Waals surface area contributed by atoms with Gasteiger partial charge in [0.2, 0.25) is 0 Å². The largest absolute Gasteiger partial charge is 0.476 e. The molecule has 1 aromatic rings. The SMILES string of the molecule is O=C(O)c1nc(Cl)cc(Cl)c1C(F)F. The molecule has 0 saturated carbocycles. The minimum absolute atomic E-state index is 0.239. The van der Waals surface area contributed by atoms with Gasteiger partial charge in [-0.1, -0.05) is 23.2 Å². The van der Waals surface area contributed by atoms with Gasteiger partial charge in [-0.3, -0.25) is 0 Å². The van der Waals surface area contributed by atoms with Gasteiger partial charge in [-0.15, -0.1) is 0 Å². The Labute approximate surface area is 87.3 Å². The number of hydrogen-bond donors (Lipinski definition) is 1. The second-order valence-electron chi connectivity index (χ2n) is 2.29. The van der Waals surface area contributed by atoms with Gasteiger partial charge in [-0.2, -0.15) is 0 Å². The van der Waals surface area contributed by atoms with E-state index in [1.165, 1.54) is 0 Å². The first-order valence-electron chi connectivity index (χ1n) is 3.31. The van der Waals surface area contributed by atoms with Gasteiger partial charge in [0, 0.05) is 0 Å². The number of nitrogens with zero attached hydrogens (tertiary/aromatic N) is 1. The molecule has 7 heteroatoms. The fourth-order valence-electron chi connectivity index (χ4n) is 0.865. The summed E-state index contributed by atoms with van der Waals surface area (Å²) in [6.07, 6.45) is -3.00. The van der Waals surface area contributed by atoms with Crippen LogP contribution in [0.2, 0.25) is 10.2 Å². The highest BCUT2D eigenvalue weighted by Crippen LogP contribution is 2.31. The summed E-state index contributed by atoms with van der Waals surface area (Å²) in [5.41, 5.74) is -1.64. The molecule has 0 bridgehead atoms. The Hall–Kier alpha value is -0.940. The molecule has 0 saturated heterocycles. The second-order valence-corrected chi connectivity index (χ2v) is 3.09. The molecule has 0 amide bonds. The lowest BCUT2D eigenvalue weighted by Gasteiger charge is -2.06. The number of hydrogen-bond acceptors (Lipinski definition) is 2. The highest BCUT2D eigenvalue weighted by Gasteiger charge is 2.23. The maximum absolute atomic E-state index is 12.3. The van der Waals surface area contributed by atoms with E-state index in [0.29, 0.717) is 0 Å². The topological polar surface area (TPSA) is 50.2 Å². The van der Waals surface area contributed by atoms with Crippen molar-refractivity contribution >= 4 is 29.2 Å². The Balaban J connectivity index is 3.44. The fourth-order valence-corrected chi connectivity index (χ4v) is 1.39. The molecule has 1 aromatic heterocycles. The van der Waals surface area contributed by atoms with Gasteiger partial charge in [0.1, 0.15) is 5.15 Å². The predicted octanol–water partition coefficient (Wildman–Crippen LogP) is 3.02. The van der Waals surface area contributed by atoms with Crippen LogP contribution in [-0.2, 0) is 0 Å². The van der Waals surface area contributed by atoms with E-state index < -0.39 is 28.7 Å². The minimum Gasteiger partial charge on any atom is -0.476 e. The predicted molar refractivity (Wildman–Crippen MR) is 46.2 cm³/mol. The van der Waals surface area contributed by atoms with E-state index in [1.807, 2.05) is 0 Å². The molecular weight excluding hydrogens is 239 g/mol. The van der Waals surface area contributed by atoms with Crippen molar-refractivity contribution in [1.29, 1.82) is 0 Å². The molecule has 0 aromatic carbocycles. The number of halogens is 4. The molecule has 0 radical (unpaired) electrons. The molecule has 0 aliphatic heterocycles. The van der Waals surface area contributed by atoms with Gasteiger partial charge in [0.15, 0.2) is 5.69 Å². The number of carboxylic acids is 1. The van der Waals surface area contributed by atoms with Crippen LogP contribution in [0.3, 0.4) is 0 Å². The maximum atomic E-state index is 12.3. The first-order chi connectivity index (χ1) is 6.43. The average Bonchev–Trinajstić information content (AvgIpc) is 2.01. The standard InChI is InChI=1S/C7H3Cl2F2NO2/c8-2-1-3(9)12-5(7(13)14)4(2)6(10)11/h1,6H,(H,13,14). The van der Waals surface area contributed by atoms with Crippen LogP contribution >= 0.6 is 23.2 Å². The van der Waals surface area contributed by atoms with Crippen LogP contribution in [0.25, 0.3) is 0 Å². The lowest BCUT2D eigenvalue weighted by molar-refractivity contribution is 0.0677. The van der Waals surface area contributed by atoms with Crippen LogP contribution in [0, 0.1) is 0 Å². The first kappa shape index (κ1) is 11.1. The fraction of sp³-hybridized carbons (Fsp3) is 0.143. The molecule has 0 unspecified atom stereocenters. The van der Waals surface area contributed by atoms with Crippen molar-refractivity contribution in [3.63, 3.8) is 0 Å². The molecule has 3 nitrogen and oxygen atoms in total. The van der Waals surface area contributed by atoms with Crippen molar-refractivity contribution in [3.8, 4) is 0 Å². The summed E-state index contributed by atoms with van der Waals surface area (Å²) in [5, 5.41) is 7.91. The van der Waals surface area contributed by atoms with Gasteiger partial charge < -0.3 is 5.11 Å². The molecule has 1 heterocycles. The highest BCUT2D eigenvalue weighted by atomic mass is 35.5. The normalized spacial score (nSPS) is 10.6. The van der Waals surface area contributed by atoms with Gasteiger partial charge in [-0.25, -0.2) is 18.6 Å².